The highest BCUT2D eigenvalue weighted by molar-refractivity contribution is 6.41. The third-order valence-corrected chi connectivity index (χ3v) is 6.23. The molecule has 5 nitrogen and oxygen atoms in total. The third-order valence-electron chi connectivity index (χ3n) is 6.23. The highest BCUT2D eigenvalue weighted by atomic mass is 16.2. The molecule has 3 N–H and O–H groups in total. The van der Waals surface area contributed by atoms with E-state index in [9.17, 15) is 9.59 Å². The number of pyridine rings is 1. The molecule has 0 radical (unpaired) electrons. The first-order valence-corrected chi connectivity index (χ1v) is 9.65. The van der Waals surface area contributed by atoms with Crippen LogP contribution in [-0.4, -0.2) is 16.7 Å². The summed E-state index contributed by atoms with van der Waals surface area (Å²) >= 11 is 0. The number of nitrogen functional groups attached to an aromatic ring is 1. The molecule has 2 aliphatic rings. The number of fused-ring (bicyclic) bond motifs is 2. The number of aryl methyl sites for hydroxylation is 1. The third kappa shape index (κ3) is 3.46. The number of rotatable bonds is 4. The number of carbonyl (C=O) groups excluding carboxylic acids is 2. The molecular formula is C22H25N3O2. The molecule has 1 aromatic heterocycles. The fraction of sp³-hybridized carbons (Fsp3) is 0.409. The summed E-state index contributed by atoms with van der Waals surface area (Å²) in [5, 5.41) is 2.72. The number of hydrogen-bond acceptors (Lipinski definition) is 4. The Bertz CT molecular complexity index is 865. The van der Waals surface area contributed by atoms with E-state index in [1.165, 1.54) is 24.6 Å². The minimum absolute atomic E-state index is 0.134. The van der Waals surface area contributed by atoms with Crippen molar-refractivity contribution < 1.29 is 9.59 Å². The standard InChI is InChI=1S/C22H25N3O2/c1-13-9-17(12-24-21(13)23)25-22(27)20(26)18-11-14-7-8-16(10-14)19(18)15-5-3-2-4-6-15/h2-6,9,12,14,16,18-19H,7-8,10-11H2,1H3,(H2,23,24)(H,25,27)/t14-,16+,18?,19-/m0/s1. The zero-order valence-corrected chi connectivity index (χ0v) is 15.5. The van der Waals surface area contributed by atoms with Crippen LogP contribution in [0.3, 0.4) is 0 Å². The molecule has 2 bridgehead atoms. The van der Waals surface area contributed by atoms with E-state index in [4.69, 9.17) is 5.73 Å². The van der Waals surface area contributed by atoms with E-state index in [1.807, 2.05) is 25.1 Å². The van der Waals surface area contributed by atoms with E-state index in [2.05, 4.69) is 22.4 Å². The van der Waals surface area contributed by atoms with E-state index in [0.29, 0.717) is 23.3 Å². The van der Waals surface area contributed by atoms with Crippen molar-refractivity contribution in [3.05, 3.63) is 53.7 Å². The van der Waals surface area contributed by atoms with E-state index < -0.39 is 5.91 Å². The van der Waals surface area contributed by atoms with Crippen molar-refractivity contribution in [2.75, 3.05) is 11.1 Å². The molecular weight excluding hydrogens is 338 g/mol. The molecule has 2 fully saturated rings. The Balaban J connectivity index is 1.56. The molecule has 5 heteroatoms. The molecule has 2 aliphatic carbocycles. The first-order valence-electron chi connectivity index (χ1n) is 9.65. The SMILES string of the molecule is Cc1cc(NC(=O)C(=O)C2C[C@H]3CC[C@H](C3)[C@@H]2c2ccccc2)cnc1N. The topological polar surface area (TPSA) is 85.1 Å². The average molecular weight is 363 g/mol. The van der Waals surface area contributed by atoms with Crippen molar-refractivity contribution in [3.63, 3.8) is 0 Å². The highest BCUT2D eigenvalue weighted by Gasteiger charge is 2.46. The van der Waals surface area contributed by atoms with Crippen molar-refractivity contribution >= 4 is 23.2 Å². The van der Waals surface area contributed by atoms with Crippen LogP contribution < -0.4 is 11.1 Å². The van der Waals surface area contributed by atoms with Crippen LogP contribution in [0.1, 0.15) is 42.7 Å². The average Bonchev–Trinajstić information content (AvgIpc) is 3.05. The summed E-state index contributed by atoms with van der Waals surface area (Å²) < 4.78 is 0. The number of Topliss-reactive ketones (excluding diaryl/α,β-unsaturated/α-hetero) is 1. The van der Waals surface area contributed by atoms with Gasteiger partial charge in [0.25, 0.3) is 5.91 Å². The van der Waals surface area contributed by atoms with Crippen LogP contribution in [0.15, 0.2) is 42.6 Å². The summed E-state index contributed by atoms with van der Waals surface area (Å²) in [6.07, 6.45) is 5.79. The van der Waals surface area contributed by atoms with Gasteiger partial charge in [-0.25, -0.2) is 4.98 Å². The second-order valence-electron chi connectivity index (χ2n) is 7.96. The van der Waals surface area contributed by atoms with Crippen LogP contribution in [0.25, 0.3) is 0 Å². The molecule has 0 aliphatic heterocycles. The lowest BCUT2D eigenvalue weighted by Crippen LogP contribution is -2.38. The molecule has 1 aromatic carbocycles. The molecule has 0 spiro atoms. The summed E-state index contributed by atoms with van der Waals surface area (Å²) in [6, 6.07) is 11.9. The molecule has 1 amide bonds. The van der Waals surface area contributed by atoms with Crippen LogP contribution >= 0.6 is 0 Å². The number of amides is 1. The number of aromatic nitrogens is 1. The Morgan fingerprint density at radius 3 is 2.67 bits per heavy atom. The number of benzene rings is 1. The normalized spacial score (nSPS) is 26.6. The van der Waals surface area contributed by atoms with Gasteiger partial charge in [0.1, 0.15) is 5.82 Å². The number of ketones is 1. The predicted molar refractivity (Wildman–Crippen MR) is 105 cm³/mol. The number of hydrogen-bond donors (Lipinski definition) is 2. The maximum atomic E-state index is 13.1. The van der Waals surface area contributed by atoms with Gasteiger partial charge in [-0.2, -0.15) is 0 Å². The van der Waals surface area contributed by atoms with Crippen molar-refractivity contribution in [2.24, 2.45) is 17.8 Å². The van der Waals surface area contributed by atoms with Crippen molar-refractivity contribution in [1.29, 1.82) is 0 Å². The van der Waals surface area contributed by atoms with E-state index >= 15 is 0 Å². The zero-order valence-electron chi connectivity index (χ0n) is 15.5. The number of nitrogens with two attached hydrogens (primary N) is 1. The van der Waals surface area contributed by atoms with Gasteiger partial charge in [-0.3, -0.25) is 9.59 Å². The lowest BCUT2D eigenvalue weighted by atomic mass is 9.67. The summed E-state index contributed by atoms with van der Waals surface area (Å²) in [5.41, 5.74) is 8.19. The summed E-state index contributed by atoms with van der Waals surface area (Å²) in [7, 11) is 0. The van der Waals surface area contributed by atoms with Gasteiger partial charge in [0.2, 0.25) is 5.78 Å². The summed E-state index contributed by atoms with van der Waals surface area (Å²) in [5.74, 6) is 0.511. The molecule has 140 valence electrons. The summed E-state index contributed by atoms with van der Waals surface area (Å²) in [6.45, 7) is 1.82. The van der Waals surface area contributed by atoms with Gasteiger partial charge in [-0.15, -0.1) is 0 Å². The molecule has 2 saturated carbocycles. The predicted octanol–water partition coefficient (Wildman–Crippen LogP) is 3.70. The molecule has 2 aromatic rings. The smallest absolute Gasteiger partial charge is 0.292 e. The highest BCUT2D eigenvalue weighted by Crippen LogP contribution is 2.52. The molecule has 27 heavy (non-hydrogen) atoms. The number of nitrogens with one attached hydrogen (secondary N) is 1. The van der Waals surface area contributed by atoms with Gasteiger partial charge in [0, 0.05) is 5.92 Å². The number of nitrogens with zero attached hydrogens (tertiary/aromatic N) is 1. The lowest BCUT2D eigenvalue weighted by Gasteiger charge is -2.36. The maximum Gasteiger partial charge on any atom is 0.292 e. The van der Waals surface area contributed by atoms with Crippen LogP contribution in [0.2, 0.25) is 0 Å². The number of carbonyl (C=O) groups is 2. The quantitative estimate of drug-likeness (QED) is 0.811. The fourth-order valence-electron chi connectivity index (χ4n) is 4.95. The van der Waals surface area contributed by atoms with Gasteiger partial charge in [-0.05, 0) is 61.1 Å². The van der Waals surface area contributed by atoms with Gasteiger partial charge >= 0.3 is 0 Å². The van der Waals surface area contributed by atoms with E-state index in [1.54, 1.807) is 6.07 Å². The van der Waals surface area contributed by atoms with Crippen LogP contribution in [0.4, 0.5) is 11.5 Å². The van der Waals surface area contributed by atoms with Crippen LogP contribution in [0.5, 0.6) is 0 Å². The van der Waals surface area contributed by atoms with Gasteiger partial charge in [-0.1, -0.05) is 36.8 Å². The second kappa shape index (κ2) is 7.14. The van der Waals surface area contributed by atoms with Crippen LogP contribution in [-0.2, 0) is 9.59 Å². The molecule has 0 saturated heterocycles. The zero-order chi connectivity index (χ0) is 19.0. The number of anilines is 2. The van der Waals surface area contributed by atoms with Crippen molar-refractivity contribution in [2.45, 2.75) is 38.5 Å². The van der Waals surface area contributed by atoms with Gasteiger partial charge in [0.05, 0.1) is 11.9 Å². The second-order valence-corrected chi connectivity index (χ2v) is 7.96. The first kappa shape index (κ1) is 17.7. The molecule has 4 atom stereocenters. The monoisotopic (exact) mass is 363 g/mol. The molecule has 4 rings (SSSR count). The van der Waals surface area contributed by atoms with Crippen molar-refractivity contribution in [1.82, 2.24) is 4.98 Å². The Kier molecular flexibility index (Phi) is 4.68. The van der Waals surface area contributed by atoms with Gasteiger partial charge < -0.3 is 11.1 Å². The van der Waals surface area contributed by atoms with E-state index in [-0.39, 0.29) is 17.6 Å². The largest absolute Gasteiger partial charge is 0.383 e. The Hall–Kier alpha value is -2.69. The molecule has 1 heterocycles. The van der Waals surface area contributed by atoms with Crippen molar-refractivity contribution in [3.8, 4) is 0 Å². The van der Waals surface area contributed by atoms with Gasteiger partial charge in [0.15, 0.2) is 0 Å². The Morgan fingerprint density at radius 2 is 1.93 bits per heavy atom. The minimum Gasteiger partial charge on any atom is -0.383 e. The van der Waals surface area contributed by atoms with E-state index in [0.717, 1.165) is 18.4 Å². The Labute approximate surface area is 159 Å². The first-order chi connectivity index (χ1) is 13.0. The van der Waals surface area contributed by atoms with Crippen LogP contribution in [0, 0.1) is 24.7 Å². The molecule has 1 unspecified atom stereocenters. The lowest BCUT2D eigenvalue weighted by molar-refractivity contribution is -0.138. The Morgan fingerprint density at radius 1 is 1.15 bits per heavy atom. The maximum absolute atomic E-state index is 13.1. The summed E-state index contributed by atoms with van der Waals surface area (Å²) in [4.78, 5) is 29.9. The fourth-order valence-corrected chi connectivity index (χ4v) is 4.95. The minimum atomic E-state index is -0.548.